The van der Waals surface area contributed by atoms with Crippen molar-refractivity contribution in [3.8, 4) is 0 Å². The summed E-state index contributed by atoms with van der Waals surface area (Å²) in [6.07, 6.45) is 0.874. The van der Waals surface area contributed by atoms with Crippen molar-refractivity contribution in [2.24, 2.45) is 5.73 Å². The zero-order valence-corrected chi connectivity index (χ0v) is 12.6. The molecule has 108 valence electrons. The van der Waals surface area contributed by atoms with Gasteiger partial charge >= 0.3 is 6.09 Å². The first-order chi connectivity index (χ1) is 8.22. The number of halogens is 1. The molecule has 7 heteroatoms. The summed E-state index contributed by atoms with van der Waals surface area (Å²) in [7, 11) is -1.32. The predicted molar refractivity (Wildman–Crippen MR) is 73.5 cm³/mol. The maximum absolute atomic E-state index is 11.8. The van der Waals surface area contributed by atoms with Crippen molar-refractivity contribution < 1.29 is 13.5 Å². The summed E-state index contributed by atoms with van der Waals surface area (Å²) in [6, 6.07) is 0. The first-order valence-corrected chi connectivity index (χ1v) is 6.81. The lowest BCUT2D eigenvalue weighted by Gasteiger charge is -2.30. The summed E-state index contributed by atoms with van der Waals surface area (Å²) < 4.78 is 16.1. The van der Waals surface area contributed by atoms with Gasteiger partial charge in [-0.3, -0.25) is 0 Å². The highest BCUT2D eigenvalue weighted by molar-refractivity contribution is 7.26. The Kier molecular flexibility index (Phi) is 7.67. The molecule has 0 bridgehead atoms. The van der Waals surface area contributed by atoms with Crippen molar-refractivity contribution in [2.45, 2.75) is 51.6 Å². The fourth-order valence-electron chi connectivity index (χ4n) is 1.56. The van der Waals surface area contributed by atoms with E-state index >= 15 is 0 Å². The fourth-order valence-corrected chi connectivity index (χ4v) is 1.68. The van der Waals surface area contributed by atoms with Gasteiger partial charge in [-0.15, -0.1) is 0 Å². The molecule has 0 saturated carbocycles. The van der Waals surface area contributed by atoms with Crippen LogP contribution in [0.15, 0.2) is 0 Å². The summed E-state index contributed by atoms with van der Waals surface area (Å²) in [5.41, 5.74) is 5.06. The van der Waals surface area contributed by atoms with Gasteiger partial charge in [-0.2, -0.15) is 4.20 Å². The molecule has 0 aromatic carbocycles. The summed E-state index contributed by atoms with van der Waals surface area (Å²) in [5.74, 6) is 0. The molecule has 0 aliphatic carbocycles. The Hall–Kier alpha value is -0.450. The van der Waals surface area contributed by atoms with E-state index in [1.165, 1.54) is 0 Å². The minimum atomic E-state index is -1.32. The van der Waals surface area contributed by atoms with Gasteiger partial charge in [0, 0.05) is 11.1 Å². The maximum Gasteiger partial charge on any atom is 0.412 e. The molecule has 0 saturated heterocycles. The molecular formula is C11H25FN3O2P. The summed E-state index contributed by atoms with van der Waals surface area (Å²) in [4.78, 5) is 11.1. The lowest BCUT2D eigenvalue weighted by Crippen LogP contribution is -2.48. The number of hydrogen-bond donors (Lipinski definition) is 3. The molecule has 0 aliphatic rings. The molecule has 1 unspecified atom stereocenters. The van der Waals surface area contributed by atoms with Crippen LogP contribution >= 0.6 is 9.12 Å². The van der Waals surface area contributed by atoms with E-state index in [9.17, 15) is 8.99 Å². The summed E-state index contributed by atoms with van der Waals surface area (Å²) in [6.45, 7) is 9.27. The Morgan fingerprint density at radius 3 is 2.39 bits per heavy atom. The van der Waals surface area contributed by atoms with Crippen LogP contribution in [0.2, 0.25) is 0 Å². The third-order valence-corrected chi connectivity index (χ3v) is 2.96. The highest BCUT2D eigenvalue weighted by Crippen LogP contribution is 2.15. The van der Waals surface area contributed by atoms with Crippen molar-refractivity contribution in [1.29, 1.82) is 0 Å². The molecule has 0 aromatic rings. The molecule has 0 fully saturated rings. The zero-order valence-electron chi connectivity index (χ0n) is 11.6. The Morgan fingerprint density at radius 1 is 1.28 bits per heavy atom. The van der Waals surface area contributed by atoms with Crippen molar-refractivity contribution in [3.63, 3.8) is 0 Å². The van der Waals surface area contributed by atoms with Crippen LogP contribution in [0.3, 0.4) is 0 Å². The van der Waals surface area contributed by atoms with Crippen LogP contribution in [-0.4, -0.2) is 30.3 Å². The number of nitrogens with one attached hydrogen (secondary N) is 2. The first kappa shape index (κ1) is 17.6. The molecule has 18 heavy (non-hydrogen) atoms. The fraction of sp³-hybridized carbons (Fsp3) is 0.909. The van der Waals surface area contributed by atoms with Gasteiger partial charge in [0.1, 0.15) is 0 Å². The number of nitrogens with two attached hydrogens (primary N) is 1. The molecular weight excluding hydrogens is 256 g/mol. The van der Waals surface area contributed by atoms with E-state index in [2.05, 4.69) is 29.0 Å². The van der Waals surface area contributed by atoms with E-state index in [1.807, 2.05) is 13.8 Å². The van der Waals surface area contributed by atoms with Gasteiger partial charge in [-0.25, -0.2) is 4.79 Å². The molecule has 1 atom stereocenters. The molecule has 1 amide bonds. The monoisotopic (exact) mass is 281 g/mol. The van der Waals surface area contributed by atoms with E-state index in [-0.39, 0.29) is 5.54 Å². The van der Waals surface area contributed by atoms with Crippen LogP contribution in [0.4, 0.5) is 8.99 Å². The SMILES string of the molecule is CC(C)(CCN)NCCC(C)(C)NC(=O)OPF. The Balaban J connectivity index is 4.00. The van der Waals surface area contributed by atoms with Gasteiger partial charge in [0.2, 0.25) is 0 Å². The molecule has 0 heterocycles. The largest absolute Gasteiger partial charge is 0.412 e. The number of hydrogen-bond acceptors (Lipinski definition) is 4. The molecule has 5 nitrogen and oxygen atoms in total. The average Bonchev–Trinajstić information content (AvgIpc) is 2.15. The van der Waals surface area contributed by atoms with Gasteiger partial charge in [0.25, 0.3) is 9.12 Å². The van der Waals surface area contributed by atoms with E-state index in [4.69, 9.17) is 5.73 Å². The van der Waals surface area contributed by atoms with E-state index < -0.39 is 20.8 Å². The van der Waals surface area contributed by atoms with Gasteiger partial charge in [-0.05, 0) is 53.6 Å². The average molecular weight is 281 g/mol. The molecule has 0 spiro atoms. The smallest absolute Gasteiger partial charge is 0.399 e. The van der Waals surface area contributed by atoms with Crippen LogP contribution in [-0.2, 0) is 4.52 Å². The highest BCUT2D eigenvalue weighted by atomic mass is 31.1. The minimum Gasteiger partial charge on any atom is -0.399 e. The van der Waals surface area contributed by atoms with Crippen molar-refractivity contribution in [2.75, 3.05) is 13.1 Å². The van der Waals surface area contributed by atoms with Crippen molar-refractivity contribution in [3.05, 3.63) is 0 Å². The van der Waals surface area contributed by atoms with Crippen LogP contribution in [0.25, 0.3) is 0 Å². The Labute approximate surface area is 110 Å². The van der Waals surface area contributed by atoms with Crippen LogP contribution < -0.4 is 16.4 Å². The second-order valence-corrected chi connectivity index (χ2v) is 5.93. The van der Waals surface area contributed by atoms with Gasteiger partial charge in [0.15, 0.2) is 0 Å². The lowest BCUT2D eigenvalue weighted by atomic mass is 9.97. The van der Waals surface area contributed by atoms with E-state index in [0.29, 0.717) is 13.0 Å². The number of carbonyl (C=O) groups is 1. The second kappa shape index (κ2) is 7.87. The quantitative estimate of drug-likeness (QED) is 0.595. The summed E-state index contributed by atoms with van der Waals surface area (Å²) >= 11 is 0. The molecule has 0 radical (unpaired) electrons. The Morgan fingerprint density at radius 2 is 1.89 bits per heavy atom. The first-order valence-electron chi connectivity index (χ1n) is 6.02. The number of rotatable bonds is 8. The van der Waals surface area contributed by atoms with Gasteiger partial charge in [-0.1, -0.05) is 0 Å². The van der Waals surface area contributed by atoms with Crippen LogP contribution in [0, 0.1) is 0 Å². The maximum atomic E-state index is 11.8. The molecule has 0 aromatic heterocycles. The van der Waals surface area contributed by atoms with Crippen LogP contribution in [0.1, 0.15) is 40.5 Å². The highest BCUT2D eigenvalue weighted by Gasteiger charge is 2.23. The van der Waals surface area contributed by atoms with Gasteiger partial charge < -0.3 is 20.9 Å². The zero-order chi connectivity index (χ0) is 14.2. The predicted octanol–water partition coefficient (Wildman–Crippen LogP) is 2.08. The standard InChI is InChI=1S/C11H25FN3O2P/c1-10(2,5-7-13)14-8-6-11(3,4)15-9(16)17-18-12/h14,18H,5-8,13H2,1-4H3,(H,15,16). The van der Waals surface area contributed by atoms with E-state index in [1.54, 1.807) is 0 Å². The van der Waals surface area contributed by atoms with Crippen molar-refractivity contribution in [1.82, 2.24) is 10.6 Å². The van der Waals surface area contributed by atoms with E-state index in [0.717, 1.165) is 13.0 Å². The molecule has 4 N–H and O–H groups in total. The van der Waals surface area contributed by atoms with Crippen molar-refractivity contribution >= 4 is 15.2 Å². The van der Waals surface area contributed by atoms with Gasteiger partial charge in [0.05, 0.1) is 0 Å². The normalized spacial score (nSPS) is 13.0. The third-order valence-electron chi connectivity index (χ3n) is 2.69. The second-order valence-electron chi connectivity index (χ2n) is 5.57. The number of carbonyl (C=O) groups excluding carboxylic acids is 1. The third kappa shape index (κ3) is 8.61. The Bertz CT molecular complexity index is 263. The summed E-state index contributed by atoms with van der Waals surface area (Å²) in [5, 5.41) is 5.99. The topological polar surface area (TPSA) is 76.4 Å². The number of amides is 1. The molecule has 0 aliphatic heterocycles. The lowest BCUT2D eigenvalue weighted by molar-refractivity contribution is 0.190. The minimum absolute atomic E-state index is 0.0222. The molecule has 0 rings (SSSR count). The van der Waals surface area contributed by atoms with Crippen LogP contribution in [0.5, 0.6) is 0 Å².